The second-order valence-corrected chi connectivity index (χ2v) is 4.55. The van der Waals surface area contributed by atoms with Gasteiger partial charge in [-0.05, 0) is 34.1 Å². The lowest BCUT2D eigenvalue weighted by molar-refractivity contribution is -0.274. The van der Waals surface area contributed by atoms with Crippen LogP contribution in [0.5, 0.6) is 5.75 Å². The van der Waals surface area contributed by atoms with Crippen LogP contribution in [0.15, 0.2) is 22.7 Å². The molecule has 1 aromatic rings. The van der Waals surface area contributed by atoms with E-state index in [0.717, 1.165) is 18.8 Å². The van der Waals surface area contributed by atoms with Crippen LogP contribution in [0.1, 0.15) is 0 Å². The Balaban J connectivity index is 2.05. The lowest BCUT2D eigenvalue weighted by Gasteiger charge is -2.29. The van der Waals surface area contributed by atoms with Gasteiger partial charge in [0.25, 0.3) is 0 Å². The molecule has 0 aromatic heterocycles. The van der Waals surface area contributed by atoms with E-state index in [2.05, 4.69) is 31.3 Å². The third-order valence-corrected chi connectivity index (χ3v) is 2.93. The van der Waals surface area contributed by atoms with Crippen molar-refractivity contribution >= 4 is 21.6 Å². The first-order valence-electron chi connectivity index (χ1n) is 4.96. The standard InChI is InChI=1S/C10H10BrF3N2O/c11-8-3-6(16-7-4-15-5-7)1-2-9(8)17-10(12,13)14/h1-3,7,15-16H,4-5H2. The molecule has 0 saturated carbocycles. The summed E-state index contributed by atoms with van der Waals surface area (Å²) >= 11 is 3.05. The Kier molecular flexibility index (Phi) is 3.48. The lowest BCUT2D eigenvalue weighted by Crippen LogP contribution is -2.51. The van der Waals surface area contributed by atoms with Crippen molar-refractivity contribution in [2.24, 2.45) is 0 Å². The first kappa shape index (κ1) is 12.5. The number of anilines is 1. The van der Waals surface area contributed by atoms with E-state index in [9.17, 15) is 13.2 Å². The van der Waals surface area contributed by atoms with E-state index < -0.39 is 6.36 Å². The number of ether oxygens (including phenoxy) is 1. The summed E-state index contributed by atoms with van der Waals surface area (Å²) in [6.07, 6.45) is -4.67. The average molecular weight is 311 g/mol. The summed E-state index contributed by atoms with van der Waals surface area (Å²) in [4.78, 5) is 0. The van der Waals surface area contributed by atoms with Crippen LogP contribution in [0.2, 0.25) is 0 Å². The van der Waals surface area contributed by atoms with Crippen molar-refractivity contribution in [2.75, 3.05) is 18.4 Å². The molecule has 2 N–H and O–H groups in total. The highest BCUT2D eigenvalue weighted by Gasteiger charge is 2.32. The highest BCUT2D eigenvalue weighted by molar-refractivity contribution is 9.10. The zero-order valence-corrected chi connectivity index (χ0v) is 10.2. The quantitative estimate of drug-likeness (QED) is 0.900. The number of nitrogens with one attached hydrogen (secondary N) is 2. The Morgan fingerprint density at radius 2 is 2.06 bits per heavy atom. The van der Waals surface area contributed by atoms with Crippen LogP contribution in [-0.2, 0) is 0 Å². The summed E-state index contributed by atoms with van der Waals surface area (Å²) in [5.74, 6) is -0.241. The first-order chi connectivity index (χ1) is 7.94. The van der Waals surface area contributed by atoms with Crippen molar-refractivity contribution in [1.82, 2.24) is 5.32 Å². The van der Waals surface area contributed by atoms with E-state index in [4.69, 9.17) is 0 Å². The van der Waals surface area contributed by atoms with E-state index in [1.807, 2.05) is 0 Å². The zero-order valence-electron chi connectivity index (χ0n) is 8.64. The van der Waals surface area contributed by atoms with Crippen molar-refractivity contribution in [2.45, 2.75) is 12.4 Å². The fourth-order valence-electron chi connectivity index (χ4n) is 1.42. The third-order valence-electron chi connectivity index (χ3n) is 2.31. The summed E-state index contributed by atoms with van der Waals surface area (Å²) in [6.45, 7) is 1.72. The second kappa shape index (κ2) is 4.73. The van der Waals surface area contributed by atoms with Crippen LogP contribution in [0.3, 0.4) is 0 Å². The molecule has 1 fully saturated rings. The SMILES string of the molecule is FC(F)(F)Oc1ccc(NC2CNC2)cc1Br. The maximum absolute atomic E-state index is 12.0. The first-order valence-corrected chi connectivity index (χ1v) is 5.76. The van der Waals surface area contributed by atoms with Gasteiger partial charge in [-0.2, -0.15) is 0 Å². The molecule has 0 bridgehead atoms. The van der Waals surface area contributed by atoms with Crippen LogP contribution in [-0.4, -0.2) is 25.5 Å². The maximum atomic E-state index is 12.0. The maximum Gasteiger partial charge on any atom is 0.573 e. The zero-order chi connectivity index (χ0) is 12.5. The number of hydrogen-bond donors (Lipinski definition) is 2. The molecule has 1 saturated heterocycles. The highest BCUT2D eigenvalue weighted by Crippen LogP contribution is 2.32. The van der Waals surface area contributed by atoms with E-state index in [1.54, 1.807) is 12.1 Å². The summed E-state index contributed by atoms with van der Waals surface area (Å²) in [7, 11) is 0. The Hall–Kier alpha value is -0.950. The average Bonchev–Trinajstić information content (AvgIpc) is 2.14. The van der Waals surface area contributed by atoms with Gasteiger partial charge >= 0.3 is 6.36 Å². The number of alkyl halides is 3. The molecule has 0 spiro atoms. The Morgan fingerprint density at radius 1 is 1.35 bits per heavy atom. The normalized spacial score (nSPS) is 16.5. The van der Waals surface area contributed by atoms with E-state index in [1.165, 1.54) is 6.07 Å². The monoisotopic (exact) mass is 310 g/mol. The summed E-state index contributed by atoms with van der Waals surface area (Å²) < 4.78 is 40.2. The minimum Gasteiger partial charge on any atom is -0.405 e. The molecule has 7 heteroatoms. The molecule has 94 valence electrons. The van der Waals surface area contributed by atoms with Crippen LogP contribution in [0, 0.1) is 0 Å². The molecule has 0 aliphatic carbocycles. The van der Waals surface area contributed by atoms with E-state index >= 15 is 0 Å². The predicted molar refractivity (Wildman–Crippen MR) is 61.1 cm³/mol. The summed E-state index contributed by atoms with van der Waals surface area (Å²) in [5.41, 5.74) is 0.762. The van der Waals surface area contributed by atoms with Crippen LogP contribution in [0.25, 0.3) is 0 Å². The molecule has 1 aromatic carbocycles. The Bertz CT molecular complexity index is 407. The molecule has 2 rings (SSSR count). The molecule has 1 heterocycles. The lowest BCUT2D eigenvalue weighted by atomic mass is 10.1. The molecule has 1 aliphatic heterocycles. The van der Waals surface area contributed by atoms with Gasteiger partial charge in [-0.3, -0.25) is 0 Å². The summed E-state index contributed by atoms with van der Waals surface area (Å²) in [5, 5.41) is 6.27. The smallest absolute Gasteiger partial charge is 0.405 e. The van der Waals surface area contributed by atoms with E-state index in [0.29, 0.717) is 6.04 Å². The number of benzene rings is 1. The second-order valence-electron chi connectivity index (χ2n) is 3.69. The number of rotatable bonds is 3. The molecular formula is C10H10BrF3N2O. The van der Waals surface area contributed by atoms with Gasteiger partial charge in [-0.1, -0.05) is 0 Å². The molecule has 0 unspecified atom stereocenters. The minimum absolute atomic E-state index is 0.241. The van der Waals surface area contributed by atoms with Gasteiger partial charge in [-0.25, -0.2) is 0 Å². The van der Waals surface area contributed by atoms with Gasteiger partial charge in [0.15, 0.2) is 0 Å². The van der Waals surface area contributed by atoms with Crippen molar-refractivity contribution in [3.63, 3.8) is 0 Å². The molecule has 1 aliphatic rings. The third kappa shape index (κ3) is 3.50. The highest BCUT2D eigenvalue weighted by atomic mass is 79.9. The van der Waals surface area contributed by atoms with Crippen molar-refractivity contribution < 1.29 is 17.9 Å². The fraction of sp³-hybridized carbons (Fsp3) is 0.400. The van der Waals surface area contributed by atoms with Gasteiger partial charge in [-0.15, -0.1) is 13.2 Å². The minimum atomic E-state index is -4.67. The predicted octanol–water partition coefficient (Wildman–Crippen LogP) is 2.73. The van der Waals surface area contributed by atoms with Gasteiger partial charge in [0.1, 0.15) is 5.75 Å². The summed E-state index contributed by atoms with van der Waals surface area (Å²) in [6, 6.07) is 4.74. The van der Waals surface area contributed by atoms with Crippen molar-refractivity contribution in [3.8, 4) is 5.75 Å². The number of halogens is 4. The topological polar surface area (TPSA) is 33.3 Å². The molecule has 3 nitrogen and oxygen atoms in total. The molecule has 0 atom stereocenters. The van der Waals surface area contributed by atoms with E-state index in [-0.39, 0.29) is 10.2 Å². The largest absolute Gasteiger partial charge is 0.573 e. The van der Waals surface area contributed by atoms with Crippen LogP contribution < -0.4 is 15.4 Å². The molecule has 0 radical (unpaired) electrons. The van der Waals surface area contributed by atoms with Crippen molar-refractivity contribution in [1.29, 1.82) is 0 Å². The van der Waals surface area contributed by atoms with Crippen LogP contribution in [0.4, 0.5) is 18.9 Å². The Labute approximate surface area is 104 Å². The molecular weight excluding hydrogens is 301 g/mol. The Morgan fingerprint density at radius 3 is 2.53 bits per heavy atom. The molecule has 0 amide bonds. The van der Waals surface area contributed by atoms with Gasteiger partial charge in [0.2, 0.25) is 0 Å². The number of hydrogen-bond acceptors (Lipinski definition) is 3. The van der Waals surface area contributed by atoms with Gasteiger partial charge < -0.3 is 15.4 Å². The van der Waals surface area contributed by atoms with Gasteiger partial charge in [0, 0.05) is 18.8 Å². The van der Waals surface area contributed by atoms with Crippen molar-refractivity contribution in [3.05, 3.63) is 22.7 Å². The van der Waals surface area contributed by atoms with Crippen LogP contribution >= 0.6 is 15.9 Å². The van der Waals surface area contributed by atoms with Gasteiger partial charge in [0.05, 0.1) is 10.5 Å². The fourth-order valence-corrected chi connectivity index (χ4v) is 1.88. The molecule has 17 heavy (non-hydrogen) atoms.